The molecule has 0 saturated heterocycles. The molecule has 0 aliphatic rings. The van der Waals surface area contributed by atoms with E-state index in [-0.39, 0.29) is 16.5 Å². The maximum Gasteiger partial charge on any atom is 0.338 e. The molecule has 2 radical (unpaired) electrons. The van der Waals surface area contributed by atoms with Gasteiger partial charge in [-0.1, -0.05) is 60.5 Å². The average Bonchev–Trinajstić information content (AvgIpc) is 3.35. The number of ether oxygens (including phenoxy) is 2. The maximum atomic E-state index is 13.4. The van der Waals surface area contributed by atoms with Gasteiger partial charge in [-0.15, -0.1) is 0 Å². The highest BCUT2D eigenvalue weighted by atomic mass is 32.1. The van der Waals surface area contributed by atoms with Gasteiger partial charge in [0.1, 0.15) is 0 Å². The summed E-state index contributed by atoms with van der Waals surface area (Å²) in [4.78, 5) is 17.8. The number of nitrogens with two attached hydrogens (primary N) is 1. The van der Waals surface area contributed by atoms with Crippen LogP contribution in [0.3, 0.4) is 0 Å². The first-order valence-corrected chi connectivity index (χ1v) is 18.8. The van der Waals surface area contributed by atoms with Crippen molar-refractivity contribution in [2.75, 3.05) is 14.2 Å². The van der Waals surface area contributed by atoms with Crippen LogP contribution in [0.15, 0.2) is 4.52 Å². The molecule has 0 aliphatic heterocycles. The number of benzene rings is 1. The molecule has 236 valence electrons. The summed E-state index contributed by atoms with van der Waals surface area (Å²) in [5.41, 5.74) is 8.00. The molecule has 0 bridgehead atoms. The van der Waals surface area contributed by atoms with Crippen molar-refractivity contribution < 1.29 is 27.6 Å². The summed E-state index contributed by atoms with van der Waals surface area (Å²) in [6.07, 6.45) is 0.289. The van der Waals surface area contributed by atoms with Gasteiger partial charge in [0.2, 0.25) is 5.89 Å². The van der Waals surface area contributed by atoms with Crippen molar-refractivity contribution in [2.45, 2.75) is 110 Å². The minimum atomic E-state index is -1.53. The third-order valence-corrected chi connectivity index (χ3v) is 15.4. The fourth-order valence-corrected chi connectivity index (χ4v) is 7.88. The van der Waals surface area contributed by atoms with E-state index >= 15 is 0 Å². The minimum Gasteiger partial charge on any atom is -0.539 e. The molecule has 2 unspecified atom stereocenters. The number of hydrogen-bond acceptors (Lipinski definition) is 10. The standard InChI is InChI=1S/C30H51N3O6SSi2/c1-16(2)29(7,8)41(13)38-25-23(21(40)15-20(31)27-32-19(6)33-37-27)22(28(34)36-12)18(5)24(35-11)26(25)39-42(14)30(9,10)17(3)4/h16-17,20-21,40H,15,31H2,1-14H3. The lowest BCUT2D eigenvalue weighted by molar-refractivity contribution is 0.0597. The Balaban J connectivity index is 2.93. The van der Waals surface area contributed by atoms with Crippen LogP contribution in [0.2, 0.25) is 23.2 Å². The number of aryl methyl sites for hydroxylation is 1. The van der Waals surface area contributed by atoms with Gasteiger partial charge in [0.05, 0.1) is 25.8 Å². The van der Waals surface area contributed by atoms with Crippen LogP contribution in [0.1, 0.15) is 106 Å². The number of hydrogen-bond donors (Lipinski definition) is 2. The molecule has 0 amide bonds. The Kier molecular flexibility index (Phi) is 12.2. The Morgan fingerprint density at radius 2 is 1.45 bits per heavy atom. The van der Waals surface area contributed by atoms with Gasteiger partial charge in [-0.2, -0.15) is 17.6 Å². The fourth-order valence-electron chi connectivity index (χ4n) is 4.25. The van der Waals surface area contributed by atoms with E-state index in [1.807, 2.05) is 6.92 Å². The van der Waals surface area contributed by atoms with Gasteiger partial charge >= 0.3 is 5.97 Å². The molecule has 2 N–H and O–H groups in total. The van der Waals surface area contributed by atoms with E-state index in [0.717, 1.165) is 0 Å². The van der Waals surface area contributed by atoms with Gasteiger partial charge in [0, 0.05) is 16.4 Å². The highest BCUT2D eigenvalue weighted by Gasteiger charge is 2.41. The molecule has 2 aromatic rings. The summed E-state index contributed by atoms with van der Waals surface area (Å²) in [6, 6.07) is -0.622. The zero-order valence-corrected chi connectivity index (χ0v) is 30.8. The van der Waals surface area contributed by atoms with Crippen LogP contribution in [0.5, 0.6) is 17.2 Å². The van der Waals surface area contributed by atoms with Crippen LogP contribution in [-0.4, -0.2) is 48.4 Å². The topological polar surface area (TPSA) is 119 Å². The number of esters is 1. The van der Waals surface area contributed by atoms with Crippen LogP contribution in [0.4, 0.5) is 0 Å². The summed E-state index contributed by atoms with van der Waals surface area (Å²) in [5.74, 6) is 2.40. The van der Waals surface area contributed by atoms with Crippen molar-refractivity contribution in [1.29, 1.82) is 0 Å². The normalized spacial score (nSPS) is 14.1. The molecule has 12 heteroatoms. The first-order chi connectivity index (χ1) is 19.3. The van der Waals surface area contributed by atoms with E-state index in [4.69, 9.17) is 41.2 Å². The van der Waals surface area contributed by atoms with E-state index in [0.29, 0.717) is 57.5 Å². The Hall–Kier alpha value is -2.03. The molecular formula is C30H51N3O6SSi2. The number of rotatable bonds is 14. The second kappa shape index (κ2) is 14.2. The Bertz CT molecular complexity index is 1230. The van der Waals surface area contributed by atoms with Crippen LogP contribution in [0, 0.1) is 25.7 Å². The van der Waals surface area contributed by atoms with E-state index < -0.39 is 35.3 Å². The highest BCUT2D eigenvalue weighted by molar-refractivity contribution is 7.80. The Morgan fingerprint density at radius 3 is 1.86 bits per heavy atom. The van der Waals surface area contributed by atoms with Crippen molar-refractivity contribution in [2.24, 2.45) is 17.6 Å². The molecule has 2 atom stereocenters. The fraction of sp³-hybridized carbons (Fsp3) is 0.700. The first kappa shape index (κ1) is 36.2. The lowest BCUT2D eigenvalue weighted by Gasteiger charge is -2.37. The molecule has 42 heavy (non-hydrogen) atoms. The summed E-state index contributed by atoms with van der Waals surface area (Å²) in [5, 5.41) is 3.11. The average molecular weight is 638 g/mol. The number of methoxy groups -OCH3 is 2. The molecule has 0 aliphatic carbocycles. The number of thiol groups is 1. The summed E-state index contributed by atoms with van der Waals surface area (Å²) in [7, 11) is -0.0499. The molecule has 0 saturated carbocycles. The molecule has 1 aromatic carbocycles. The van der Waals surface area contributed by atoms with Gasteiger partial charge in [0.25, 0.3) is 18.1 Å². The van der Waals surface area contributed by atoms with Gasteiger partial charge < -0.3 is 28.6 Å². The second-order valence-electron chi connectivity index (χ2n) is 12.7. The van der Waals surface area contributed by atoms with Crippen LogP contribution in [0.25, 0.3) is 0 Å². The highest BCUT2D eigenvalue weighted by Crippen LogP contribution is 2.53. The lowest BCUT2D eigenvalue weighted by atomic mass is 9.93. The van der Waals surface area contributed by atoms with Crippen molar-refractivity contribution in [3.8, 4) is 17.2 Å². The number of carbonyl (C=O) groups is 1. The van der Waals surface area contributed by atoms with E-state index in [1.165, 1.54) is 7.11 Å². The lowest BCUT2D eigenvalue weighted by Crippen LogP contribution is -2.37. The smallest absolute Gasteiger partial charge is 0.338 e. The quantitative estimate of drug-likeness (QED) is 0.124. The van der Waals surface area contributed by atoms with E-state index in [2.05, 4.69) is 78.6 Å². The van der Waals surface area contributed by atoms with Gasteiger partial charge in [-0.3, -0.25) is 0 Å². The molecule has 9 nitrogen and oxygen atoms in total. The van der Waals surface area contributed by atoms with Crippen LogP contribution < -0.4 is 19.3 Å². The third-order valence-electron chi connectivity index (χ3n) is 9.12. The third kappa shape index (κ3) is 7.54. The molecule has 1 heterocycles. The van der Waals surface area contributed by atoms with Gasteiger partial charge in [-0.05, 0) is 55.3 Å². The second-order valence-corrected chi connectivity index (χ2v) is 18.5. The van der Waals surface area contributed by atoms with Crippen molar-refractivity contribution in [1.82, 2.24) is 10.1 Å². The minimum absolute atomic E-state index is 0.0855. The van der Waals surface area contributed by atoms with Crippen molar-refractivity contribution >= 4 is 36.7 Å². The largest absolute Gasteiger partial charge is 0.539 e. The maximum absolute atomic E-state index is 13.4. The zero-order chi connectivity index (χ0) is 32.3. The molecule has 2 rings (SSSR count). The Labute approximate surface area is 261 Å². The summed E-state index contributed by atoms with van der Waals surface area (Å²) < 4.78 is 30.5. The zero-order valence-electron chi connectivity index (χ0n) is 27.9. The number of nitrogens with zero attached hydrogens (tertiary/aromatic N) is 2. The number of carbonyl (C=O) groups excluding carboxylic acids is 1. The monoisotopic (exact) mass is 637 g/mol. The molecule has 1 aromatic heterocycles. The predicted molar refractivity (Wildman–Crippen MR) is 174 cm³/mol. The predicted octanol–water partition coefficient (Wildman–Crippen LogP) is 7.42. The molecule has 0 fully saturated rings. The number of aromatic nitrogens is 2. The van der Waals surface area contributed by atoms with Crippen LogP contribution >= 0.6 is 12.6 Å². The van der Waals surface area contributed by atoms with E-state index in [1.54, 1.807) is 14.0 Å². The van der Waals surface area contributed by atoms with Gasteiger partial charge in [-0.25, -0.2) is 4.79 Å². The molecular weight excluding hydrogens is 587 g/mol. The summed E-state index contributed by atoms with van der Waals surface area (Å²) in [6.45, 7) is 25.5. The van der Waals surface area contributed by atoms with E-state index in [9.17, 15) is 4.79 Å². The SMILES string of the molecule is COC(=O)c1c(C)c(OC)c(O[Si](C)C(C)(C)C(C)C)c(O[Si](C)C(C)(C)C(C)C)c1C(S)CC(N)c1nc(C)no1. The van der Waals surface area contributed by atoms with Crippen molar-refractivity contribution in [3.63, 3.8) is 0 Å². The first-order valence-electron chi connectivity index (χ1n) is 14.4. The Morgan fingerprint density at radius 1 is 0.952 bits per heavy atom. The summed E-state index contributed by atoms with van der Waals surface area (Å²) >= 11 is 5.03. The van der Waals surface area contributed by atoms with Crippen LogP contribution in [-0.2, 0) is 4.74 Å². The van der Waals surface area contributed by atoms with Crippen molar-refractivity contribution in [3.05, 3.63) is 28.4 Å². The van der Waals surface area contributed by atoms with Gasteiger partial charge in [0.15, 0.2) is 23.1 Å². The molecule has 0 spiro atoms.